The van der Waals surface area contributed by atoms with Gasteiger partial charge < -0.3 is 0 Å². The van der Waals surface area contributed by atoms with Crippen LogP contribution in [0.15, 0.2) is 97.1 Å². The average molecular weight is 332 g/mol. The Hall–Kier alpha value is -3.12. The predicted molar refractivity (Wildman–Crippen MR) is 111 cm³/mol. The van der Waals surface area contributed by atoms with E-state index in [1.54, 1.807) is 0 Å². The van der Waals surface area contributed by atoms with Crippen LogP contribution in [0.1, 0.15) is 23.1 Å². The van der Waals surface area contributed by atoms with Crippen molar-refractivity contribution in [2.75, 3.05) is 0 Å². The van der Waals surface area contributed by atoms with Gasteiger partial charge in [-0.3, -0.25) is 0 Å². The fourth-order valence-electron chi connectivity index (χ4n) is 3.99. The molecule has 3 aromatic rings. The normalized spacial score (nSPS) is 14.5. The highest BCUT2D eigenvalue weighted by Crippen LogP contribution is 2.40. The van der Waals surface area contributed by atoms with Crippen LogP contribution in [0.5, 0.6) is 0 Å². The van der Waals surface area contributed by atoms with Crippen molar-refractivity contribution >= 4 is 5.57 Å². The molecule has 0 unspecified atom stereocenters. The lowest BCUT2D eigenvalue weighted by Crippen LogP contribution is -1.86. The molecule has 0 atom stereocenters. The number of rotatable bonds is 2. The second-order valence-electron chi connectivity index (χ2n) is 6.97. The van der Waals surface area contributed by atoms with E-state index in [0.717, 1.165) is 12.8 Å². The summed E-state index contributed by atoms with van der Waals surface area (Å²) in [6.07, 6.45) is 13.0. The zero-order valence-electron chi connectivity index (χ0n) is 14.7. The summed E-state index contributed by atoms with van der Waals surface area (Å²) >= 11 is 0. The summed E-state index contributed by atoms with van der Waals surface area (Å²) in [6.45, 7) is 0. The molecule has 0 spiro atoms. The van der Waals surface area contributed by atoms with Crippen molar-refractivity contribution < 1.29 is 0 Å². The Morgan fingerprint density at radius 2 is 1.35 bits per heavy atom. The van der Waals surface area contributed by atoms with E-state index in [-0.39, 0.29) is 0 Å². The quantitative estimate of drug-likeness (QED) is 0.377. The van der Waals surface area contributed by atoms with Crippen LogP contribution in [0.3, 0.4) is 0 Å². The Morgan fingerprint density at radius 3 is 2.15 bits per heavy atom. The molecule has 3 aromatic carbocycles. The van der Waals surface area contributed by atoms with E-state index in [1.165, 1.54) is 44.5 Å². The molecule has 26 heavy (non-hydrogen) atoms. The highest BCUT2D eigenvalue weighted by atomic mass is 14.2. The van der Waals surface area contributed by atoms with Gasteiger partial charge in [0, 0.05) is 0 Å². The van der Waals surface area contributed by atoms with E-state index in [1.807, 2.05) is 0 Å². The van der Waals surface area contributed by atoms with E-state index >= 15 is 0 Å². The van der Waals surface area contributed by atoms with Crippen LogP contribution in [0.25, 0.3) is 27.8 Å². The van der Waals surface area contributed by atoms with Crippen LogP contribution < -0.4 is 0 Å². The average Bonchev–Trinajstić information content (AvgIpc) is 2.86. The smallest absolute Gasteiger partial charge is 0.00130 e. The number of fused-ring (bicyclic) bond motifs is 3. The Balaban J connectivity index is 1.51. The maximum Gasteiger partial charge on any atom is -0.00130 e. The minimum atomic E-state index is 1.00. The SMILES string of the molecule is C1=CCC=C(c2ccc3c(c2)Cc2cc(-c4ccccc4)ccc2-3)C=C1. The summed E-state index contributed by atoms with van der Waals surface area (Å²) in [6, 6.07) is 24.5. The van der Waals surface area contributed by atoms with Gasteiger partial charge in [0.1, 0.15) is 0 Å². The third-order valence-corrected chi connectivity index (χ3v) is 5.32. The highest BCUT2D eigenvalue weighted by Gasteiger charge is 2.19. The minimum Gasteiger partial charge on any atom is -0.0807 e. The van der Waals surface area contributed by atoms with Crippen molar-refractivity contribution in [1.29, 1.82) is 0 Å². The van der Waals surface area contributed by atoms with Gasteiger partial charge in [0.15, 0.2) is 0 Å². The molecule has 2 aliphatic carbocycles. The number of allylic oxidation sites excluding steroid dienone is 6. The number of benzene rings is 3. The molecule has 0 saturated carbocycles. The lowest BCUT2D eigenvalue weighted by atomic mass is 9.98. The Kier molecular flexibility index (Phi) is 3.68. The van der Waals surface area contributed by atoms with Gasteiger partial charge in [-0.15, -0.1) is 0 Å². The molecule has 0 heterocycles. The molecule has 0 N–H and O–H groups in total. The van der Waals surface area contributed by atoms with E-state index in [2.05, 4.69) is 97.1 Å². The van der Waals surface area contributed by atoms with Crippen LogP contribution in [0.4, 0.5) is 0 Å². The number of hydrogen-bond acceptors (Lipinski definition) is 0. The summed E-state index contributed by atoms with van der Waals surface area (Å²) in [5.74, 6) is 0. The van der Waals surface area contributed by atoms with Crippen LogP contribution in [0, 0.1) is 0 Å². The predicted octanol–water partition coefficient (Wildman–Crippen LogP) is 6.82. The van der Waals surface area contributed by atoms with Gasteiger partial charge in [-0.2, -0.15) is 0 Å². The van der Waals surface area contributed by atoms with Gasteiger partial charge in [0.2, 0.25) is 0 Å². The first-order chi connectivity index (χ1) is 12.9. The van der Waals surface area contributed by atoms with Crippen molar-refractivity contribution in [3.05, 3.63) is 114 Å². The van der Waals surface area contributed by atoms with Gasteiger partial charge in [0.05, 0.1) is 0 Å². The highest BCUT2D eigenvalue weighted by molar-refractivity contribution is 5.83. The second kappa shape index (κ2) is 6.31. The molecule has 0 heteroatoms. The van der Waals surface area contributed by atoms with Crippen molar-refractivity contribution in [1.82, 2.24) is 0 Å². The lowest BCUT2D eigenvalue weighted by molar-refractivity contribution is 1.26. The molecule has 0 aromatic heterocycles. The summed E-state index contributed by atoms with van der Waals surface area (Å²) in [5, 5.41) is 0. The lowest BCUT2D eigenvalue weighted by Gasteiger charge is -2.07. The van der Waals surface area contributed by atoms with Crippen LogP contribution in [-0.2, 0) is 6.42 Å². The van der Waals surface area contributed by atoms with Crippen molar-refractivity contribution in [3.63, 3.8) is 0 Å². The Bertz CT molecular complexity index is 1060. The first-order valence-electron chi connectivity index (χ1n) is 9.24. The topological polar surface area (TPSA) is 0 Å². The maximum absolute atomic E-state index is 2.37. The molecule has 0 radical (unpaired) electrons. The van der Waals surface area contributed by atoms with Crippen molar-refractivity contribution in [2.24, 2.45) is 0 Å². The van der Waals surface area contributed by atoms with Gasteiger partial charge in [-0.05, 0) is 57.4 Å². The summed E-state index contributed by atoms with van der Waals surface area (Å²) in [5.41, 5.74) is 10.9. The van der Waals surface area contributed by atoms with Gasteiger partial charge in [-0.1, -0.05) is 97.1 Å². The zero-order valence-corrected chi connectivity index (χ0v) is 14.7. The second-order valence-corrected chi connectivity index (χ2v) is 6.97. The monoisotopic (exact) mass is 332 g/mol. The summed E-state index contributed by atoms with van der Waals surface area (Å²) < 4.78 is 0. The van der Waals surface area contributed by atoms with Crippen LogP contribution in [-0.4, -0.2) is 0 Å². The Labute approximate surface area is 154 Å². The molecular formula is C26H20. The summed E-state index contributed by atoms with van der Waals surface area (Å²) in [7, 11) is 0. The van der Waals surface area contributed by atoms with Crippen molar-refractivity contribution in [3.8, 4) is 22.3 Å². The molecule has 5 rings (SSSR count). The number of hydrogen-bond donors (Lipinski definition) is 0. The van der Waals surface area contributed by atoms with E-state index < -0.39 is 0 Å². The van der Waals surface area contributed by atoms with Gasteiger partial charge >= 0.3 is 0 Å². The molecule has 0 bridgehead atoms. The summed E-state index contributed by atoms with van der Waals surface area (Å²) in [4.78, 5) is 0. The van der Waals surface area contributed by atoms with Crippen LogP contribution >= 0.6 is 0 Å². The van der Waals surface area contributed by atoms with Crippen LogP contribution in [0.2, 0.25) is 0 Å². The molecule has 0 nitrogen and oxygen atoms in total. The van der Waals surface area contributed by atoms with E-state index in [4.69, 9.17) is 0 Å². The first-order valence-corrected chi connectivity index (χ1v) is 9.24. The van der Waals surface area contributed by atoms with Gasteiger partial charge in [0.25, 0.3) is 0 Å². The molecule has 0 aliphatic heterocycles. The largest absolute Gasteiger partial charge is 0.0807 e. The minimum absolute atomic E-state index is 1.00. The van der Waals surface area contributed by atoms with Crippen molar-refractivity contribution in [2.45, 2.75) is 12.8 Å². The fraction of sp³-hybridized carbons (Fsp3) is 0.0769. The first kappa shape index (κ1) is 15.2. The Morgan fingerprint density at radius 1 is 0.615 bits per heavy atom. The van der Waals surface area contributed by atoms with Gasteiger partial charge in [-0.25, -0.2) is 0 Å². The molecule has 0 fully saturated rings. The molecule has 2 aliphatic rings. The van der Waals surface area contributed by atoms with E-state index in [9.17, 15) is 0 Å². The molecule has 0 saturated heterocycles. The third kappa shape index (κ3) is 2.64. The molecule has 124 valence electrons. The molecular weight excluding hydrogens is 312 g/mol. The zero-order chi connectivity index (χ0) is 17.3. The third-order valence-electron chi connectivity index (χ3n) is 5.32. The van der Waals surface area contributed by atoms with E-state index in [0.29, 0.717) is 0 Å². The standard InChI is InChI=1S/C26H20/c1-2-5-9-19(8-4-1)21-12-14-25-23(16-21)18-24-17-22(13-15-26(24)25)20-10-6-3-7-11-20/h1-4,6-17H,5,18H2. The maximum atomic E-state index is 2.37. The fourth-order valence-corrected chi connectivity index (χ4v) is 3.99. The molecule has 0 amide bonds.